The van der Waals surface area contributed by atoms with E-state index in [-0.39, 0.29) is 12.8 Å². The topological polar surface area (TPSA) is 20.2 Å². The van der Waals surface area contributed by atoms with Crippen LogP contribution in [0.25, 0.3) is 0 Å². The Morgan fingerprint density at radius 3 is 2.67 bits per heavy atom. The van der Waals surface area contributed by atoms with Crippen LogP contribution in [0.4, 0.5) is 13.2 Å². The van der Waals surface area contributed by atoms with Crippen LogP contribution < -0.4 is 0 Å². The van der Waals surface area contributed by atoms with Crippen molar-refractivity contribution in [2.24, 2.45) is 0 Å². The molecule has 1 aromatic rings. The summed E-state index contributed by atoms with van der Waals surface area (Å²) >= 11 is 1.57. The molecule has 1 unspecified atom stereocenters. The summed E-state index contributed by atoms with van der Waals surface area (Å²) in [5, 5.41) is 9.91. The molecule has 0 bridgehead atoms. The largest absolute Gasteiger partial charge is 0.389 e. The summed E-state index contributed by atoms with van der Waals surface area (Å²) in [6.45, 7) is 0. The van der Waals surface area contributed by atoms with Crippen molar-refractivity contribution in [1.82, 2.24) is 0 Å². The first-order valence-corrected chi connectivity index (χ1v) is 7.13. The first-order chi connectivity index (χ1) is 8.46. The van der Waals surface area contributed by atoms with Crippen LogP contribution in [0.5, 0.6) is 0 Å². The quantitative estimate of drug-likeness (QED) is 0.866. The highest BCUT2D eigenvalue weighted by atomic mass is 32.1. The first kappa shape index (κ1) is 13.9. The van der Waals surface area contributed by atoms with Crippen molar-refractivity contribution < 1.29 is 18.3 Å². The Kier molecular flexibility index (Phi) is 4.33. The smallest absolute Gasteiger partial charge is 0.388 e. The van der Waals surface area contributed by atoms with Crippen LogP contribution in [0.3, 0.4) is 0 Å². The first-order valence-electron chi connectivity index (χ1n) is 6.32. The Morgan fingerprint density at radius 2 is 2.00 bits per heavy atom. The van der Waals surface area contributed by atoms with Crippen molar-refractivity contribution >= 4 is 11.3 Å². The van der Waals surface area contributed by atoms with Gasteiger partial charge in [0.05, 0.1) is 6.10 Å². The lowest BCUT2D eigenvalue weighted by Crippen LogP contribution is -2.07. The van der Waals surface area contributed by atoms with Gasteiger partial charge in [-0.3, -0.25) is 0 Å². The third kappa shape index (κ3) is 3.72. The van der Waals surface area contributed by atoms with Gasteiger partial charge >= 0.3 is 6.18 Å². The molecule has 2 rings (SSSR count). The Morgan fingerprint density at radius 1 is 1.28 bits per heavy atom. The standard InChI is InChI=1S/C13H17F3OS/c14-13(15,16)7-3-5-10(17)12-8-9-4-1-2-6-11(9)18-12/h8,10,17H,1-7H2. The zero-order chi connectivity index (χ0) is 13.2. The van der Waals surface area contributed by atoms with E-state index in [1.807, 2.05) is 6.07 Å². The average Bonchev–Trinajstić information content (AvgIpc) is 2.70. The second kappa shape index (κ2) is 5.61. The van der Waals surface area contributed by atoms with Crippen molar-refractivity contribution in [1.29, 1.82) is 0 Å². The molecule has 0 saturated carbocycles. The lowest BCUT2D eigenvalue weighted by Gasteiger charge is -2.09. The molecule has 0 saturated heterocycles. The van der Waals surface area contributed by atoms with Crippen molar-refractivity contribution in [2.45, 2.75) is 57.2 Å². The van der Waals surface area contributed by atoms with Gasteiger partial charge in [0.2, 0.25) is 0 Å². The van der Waals surface area contributed by atoms with Crippen molar-refractivity contribution in [3.8, 4) is 0 Å². The minimum Gasteiger partial charge on any atom is -0.388 e. The predicted molar refractivity (Wildman–Crippen MR) is 65.8 cm³/mol. The minimum atomic E-state index is -4.12. The number of aliphatic hydroxyl groups is 1. The van der Waals surface area contributed by atoms with Gasteiger partial charge in [-0.1, -0.05) is 0 Å². The van der Waals surface area contributed by atoms with Crippen LogP contribution in [-0.2, 0) is 12.8 Å². The van der Waals surface area contributed by atoms with Gasteiger partial charge in [0, 0.05) is 16.2 Å². The van der Waals surface area contributed by atoms with Crippen molar-refractivity contribution in [2.75, 3.05) is 0 Å². The van der Waals surface area contributed by atoms with E-state index in [9.17, 15) is 18.3 Å². The molecule has 1 N–H and O–H groups in total. The molecular weight excluding hydrogens is 261 g/mol. The van der Waals surface area contributed by atoms with E-state index in [1.54, 1.807) is 11.3 Å². The number of hydrogen-bond donors (Lipinski definition) is 1. The highest BCUT2D eigenvalue weighted by Gasteiger charge is 2.27. The number of thiophene rings is 1. The number of hydrogen-bond acceptors (Lipinski definition) is 2. The van der Waals surface area contributed by atoms with Gasteiger partial charge < -0.3 is 5.11 Å². The summed E-state index contributed by atoms with van der Waals surface area (Å²) in [7, 11) is 0. The molecular formula is C13H17F3OS. The SMILES string of the molecule is OC(CCCC(F)(F)F)c1cc2c(s1)CCCC2. The normalized spacial score (nSPS) is 17.6. The van der Waals surface area contributed by atoms with E-state index in [0.717, 1.165) is 17.7 Å². The number of aliphatic hydroxyl groups excluding tert-OH is 1. The third-order valence-electron chi connectivity index (χ3n) is 3.28. The highest BCUT2D eigenvalue weighted by Crippen LogP contribution is 2.35. The number of aryl methyl sites for hydroxylation is 2. The second-order valence-electron chi connectivity index (χ2n) is 4.83. The molecule has 1 aromatic heterocycles. The molecule has 1 aliphatic rings. The molecule has 1 nitrogen and oxygen atoms in total. The van der Waals surface area contributed by atoms with Crippen LogP contribution in [0, 0.1) is 0 Å². The summed E-state index contributed by atoms with van der Waals surface area (Å²) in [6, 6.07) is 1.98. The van der Waals surface area contributed by atoms with Gasteiger partial charge in [-0.15, -0.1) is 11.3 Å². The van der Waals surface area contributed by atoms with E-state index < -0.39 is 18.7 Å². The number of fused-ring (bicyclic) bond motifs is 1. The predicted octanol–water partition coefficient (Wildman–Crippen LogP) is 4.39. The van der Waals surface area contributed by atoms with Crippen molar-refractivity contribution in [3.63, 3.8) is 0 Å². The van der Waals surface area contributed by atoms with E-state index in [2.05, 4.69) is 0 Å². The zero-order valence-corrected chi connectivity index (χ0v) is 10.9. The molecule has 102 valence electrons. The molecule has 0 aliphatic heterocycles. The fourth-order valence-corrected chi connectivity index (χ4v) is 3.59. The fraction of sp³-hybridized carbons (Fsp3) is 0.692. The van der Waals surface area contributed by atoms with Gasteiger partial charge in [0.25, 0.3) is 0 Å². The molecule has 0 spiro atoms. The molecule has 0 amide bonds. The van der Waals surface area contributed by atoms with Gasteiger partial charge in [0.1, 0.15) is 0 Å². The summed E-state index contributed by atoms with van der Waals surface area (Å²) in [5.74, 6) is 0. The Labute approximate surface area is 109 Å². The van der Waals surface area contributed by atoms with Crippen LogP contribution >= 0.6 is 11.3 Å². The number of halogens is 3. The highest BCUT2D eigenvalue weighted by molar-refractivity contribution is 7.12. The van der Waals surface area contributed by atoms with Crippen LogP contribution in [-0.4, -0.2) is 11.3 Å². The maximum Gasteiger partial charge on any atom is 0.389 e. The molecule has 1 atom stereocenters. The summed E-state index contributed by atoms with van der Waals surface area (Å²) in [4.78, 5) is 2.15. The van der Waals surface area contributed by atoms with Gasteiger partial charge in [-0.25, -0.2) is 0 Å². The van der Waals surface area contributed by atoms with Gasteiger partial charge in [0.15, 0.2) is 0 Å². The molecule has 0 radical (unpaired) electrons. The van der Waals surface area contributed by atoms with Gasteiger partial charge in [-0.2, -0.15) is 13.2 Å². The molecule has 5 heteroatoms. The molecule has 0 fully saturated rings. The molecule has 18 heavy (non-hydrogen) atoms. The maximum absolute atomic E-state index is 12.0. The lowest BCUT2D eigenvalue weighted by atomic mass is 9.98. The minimum absolute atomic E-state index is 0.00671. The molecule has 0 aromatic carbocycles. The van der Waals surface area contributed by atoms with E-state index >= 15 is 0 Å². The third-order valence-corrected chi connectivity index (χ3v) is 4.62. The Balaban J connectivity index is 1.89. The van der Waals surface area contributed by atoms with Crippen LogP contribution in [0.2, 0.25) is 0 Å². The van der Waals surface area contributed by atoms with Crippen molar-refractivity contribution in [3.05, 3.63) is 21.4 Å². The lowest BCUT2D eigenvalue weighted by molar-refractivity contribution is -0.136. The summed E-state index contributed by atoms with van der Waals surface area (Å²) in [6.07, 6.45) is -1.03. The number of alkyl halides is 3. The maximum atomic E-state index is 12.0. The van der Waals surface area contributed by atoms with E-state index in [0.29, 0.717) is 0 Å². The Hall–Kier alpha value is -0.550. The van der Waals surface area contributed by atoms with E-state index in [1.165, 1.54) is 23.3 Å². The van der Waals surface area contributed by atoms with Crippen LogP contribution in [0.15, 0.2) is 6.07 Å². The monoisotopic (exact) mass is 278 g/mol. The van der Waals surface area contributed by atoms with E-state index in [4.69, 9.17) is 0 Å². The second-order valence-corrected chi connectivity index (χ2v) is 6.00. The summed E-state index contributed by atoms with van der Waals surface area (Å²) in [5.41, 5.74) is 1.29. The van der Waals surface area contributed by atoms with Gasteiger partial charge in [-0.05, 0) is 50.2 Å². The van der Waals surface area contributed by atoms with Crippen LogP contribution in [0.1, 0.15) is 53.5 Å². The molecule has 1 aliphatic carbocycles. The fourth-order valence-electron chi connectivity index (χ4n) is 2.32. The Bertz CT molecular complexity index is 374. The zero-order valence-electron chi connectivity index (χ0n) is 10.1. The molecule has 1 heterocycles. The average molecular weight is 278 g/mol. The number of rotatable bonds is 4. The summed E-state index contributed by atoms with van der Waals surface area (Å²) < 4.78 is 36.0.